The van der Waals surface area contributed by atoms with Crippen LogP contribution >= 0.6 is 0 Å². The molecule has 0 aliphatic carbocycles. The van der Waals surface area contributed by atoms with Gasteiger partial charge in [0.05, 0.1) is 18.8 Å². The van der Waals surface area contributed by atoms with E-state index in [1.807, 2.05) is 6.20 Å². The fraction of sp³-hybridized carbons (Fsp3) is 0.556. The smallest absolute Gasteiger partial charge is 0.0692 e. The highest BCUT2D eigenvalue weighted by molar-refractivity contribution is 4.97. The molecule has 1 N–H and O–H groups in total. The number of terminal acetylenes is 1. The first-order valence-electron chi connectivity index (χ1n) is 4.40. The topological polar surface area (TPSA) is 42.7 Å². The Labute approximate surface area is 78.3 Å². The fourth-order valence-corrected chi connectivity index (χ4v) is 1.03. The summed E-state index contributed by atoms with van der Waals surface area (Å²) in [5, 5.41) is 10.8. The molecule has 0 aromatic carbocycles. The van der Waals surface area contributed by atoms with Crippen LogP contribution in [-0.4, -0.2) is 27.6 Å². The van der Waals surface area contributed by atoms with Crippen molar-refractivity contribution in [3.63, 3.8) is 0 Å². The quantitative estimate of drug-likeness (QED) is 0.658. The van der Waals surface area contributed by atoms with Gasteiger partial charge in [-0.1, -0.05) is 18.1 Å². The molecule has 0 amide bonds. The van der Waals surface area contributed by atoms with Crippen LogP contribution in [0.15, 0.2) is 12.4 Å². The van der Waals surface area contributed by atoms with E-state index in [1.54, 1.807) is 10.9 Å². The second-order valence-corrected chi connectivity index (χ2v) is 2.75. The minimum atomic E-state index is 0.170. The van der Waals surface area contributed by atoms with Gasteiger partial charge in [0.2, 0.25) is 0 Å². The Morgan fingerprint density at radius 3 is 3.08 bits per heavy atom. The van der Waals surface area contributed by atoms with E-state index in [1.165, 1.54) is 0 Å². The Morgan fingerprint density at radius 1 is 1.69 bits per heavy atom. The molecule has 1 aromatic rings. The summed E-state index contributed by atoms with van der Waals surface area (Å²) >= 11 is 0. The SMILES string of the molecule is C#CC(CC)NCCn1ccnn1. The van der Waals surface area contributed by atoms with Crippen LogP contribution in [0, 0.1) is 12.3 Å². The molecular formula is C9H14N4. The Morgan fingerprint density at radius 2 is 2.54 bits per heavy atom. The molecule has 0 fully saturated rings. The van der Waals surface area contributed by atoms with Gasteiger partial charge < -0.3 is 5.32 Å². The van der Waals surface area contributed by atoms with Gasteiger partial charge in [0, 0.05) is 12.7 Å². The van der Waals surface area contributed by atoms with Crippen molar-refractivity contribution >= 4 is 0 Å². The lowest BCUT2D eigenvalue weighted by atomic mass is 10.2. The second-order valence-electron chi connectivity index (χ2n) is 2.75. The van der Waals surface area contributed by atoms with E-state index >= 15 is 0 Å². The van der Waals surface area contributed by atoms with Crippen LogP contribution in [-0.2, 0) is 6.54 Å². The number of rotatable bonds is 5. The van der Waals surface area contributed by atoms with Crippen LogP contribution in [0.25, 0.3) is 0 Å². The molecule has 0 saturated carbocycles. The molecule has 70 valence electrons. The third kappa shape index (κ3) is 3.26. The molecule has 13 heavy (non-hydrogen) atoms. The van der Waals surface area contributed by atoms with Gasteiger partial charge in [-0.25, -0.2) is 0 Å². The number of aromatic nitrogens is 3. The average Bonchev–Trinajstić information content (AvgIpc) is 2.65. The lowest BCUT2D eigenvalue weighted by Gasteiger charge is -2.09. The Bertz CT molecular complexity index is 260. The zero-order valence-electron chi connectivity index (χ0n) is 7.77. The number of hydrogen-bond acceptors (Lipinski definition) is 3. The molecule has 4 nitrogen and oxygen atoms in total. The largest absolute Gasteiger partial charge is 0.302 e. The van der Waals surface area contributed by atoms with Crippen LogP contribution in [0.2, 0.25) is 0 Å². The van der Waals surface area contributed by atoms with Crippen LogP contribution in [0.5, 0.6) is 0 Å². The van der Waals surface area contributed by atoms with Crippen molar-refractivity contribution in [1.29, 1.82) is 0 Å². The van der Waals surface area contributed by atoms with Crippen molar-refractivity contribution in [2.45, 2.75) is 25.9 Å². The molecule has 1 aromatic heterocycles. The molecule has 0 spiro atoms. The monoisotopic (exact) mass is 178 g/mol. The predicted octanol–water partition coefficient (Wildman–Crippen LogP) is 0.279. The van der Waals surface area contributed by atoms with E-state index in [0.717, 1.165) is 19.5 Å². The maximum atomic E-state index is 5.30. The second kappa shape index (κ2) is 5.33. The maximum Gasteiger partial charge on any atom is 0.0692 e. The highest BCUT2D eigenvalue weighted by Gasteiger charge is 1.99. The van der Waals surface area contributed by atoms with Crippen molar-refractivity contribution in [2.75, 3.05) is 6.54 Å². The summed E-state index contributed by atoms with van der Waals surface area (Å²) in [6.07, 6.45) is 9.74. The van der Waals surface area contributed by atoms with E-state index in [2.05, 4.69) is 28.5 Å². The van der Waals surface area contributed by atoms with Gasteiger partial charge in [-0.05, 0) is 6.42 Å². The first kappa shape index (κ1) is 9.75. The zero-order chi connectivity index (χ0) is 9.52. The van der Waals surface area contributed by atoms with Gasteiger partial charge in [-0.15, -0.1) is 11.5 Å². The standard InChI is InChI=1S/C9H14N4/c1-3-9(4-2)10-5-7-13-8-6-11-12-13/h1,6,8-10H,4-5,7H2,2H3. The molecule has 0 aliphatic rings. The summed E-state index contributed by atoms with van der Waals surface area (Å²) in [6, 6.07) is 0.170. The highest BCUT2D eigenvalue weighted by Crippen LogP contribution is 1.87. The Kier molecular flexibility index (Phi) is 4.00. The van der Waals surface area contributed by atoms with Crippen molar-refractivity contribution < 1.29 is 0 Å². The summed E-state index contributed by atoms with van der Waals surface area (Å²) in [4.78, 5) is 0. The zero-order valence-corrected chi connectivity index (χ0v) is 7.77. The fourth-order valence-electron chi connectivity index (χ4n) is 1.03. The van der Waals surface area contributed by atoms with Crippen molar-refractivity contribution in [1.82, 2.24) is 20.3 Å². The third-order valence-electron chi connectivity index (χ3n) is 1.81. The molecule has 1 unspecified atom stereocenters. The first-order chi connectivity index (χ1) is 6.36. The Balaban J connectivity index is 2.18. The van der Waals surface area contributed by atoms with Crippen LogP contribution in [0.4, 0.5) is 0 Å². The third-order valence-corrected chi connectivity index (χ3v) is 1.81. The highest BCUT2D eigenvalue weighted by atomic mass is 15.4. The van der Waals surface area contributed by atoms with Crippen LogP contribution in [0.3, 0.4) is 0 Å². The molecular weight excluding hydrogens is 164 g/mol. The van der Waals surface area contributed by atoms with Gasteiger partial charge in [0.1, 0.15) is 0 Å². The summed E-state index contributed by atoms with van der Waals surface area (Å²) < 4.78 is 1.77. The van der Waals surface area contributed by atoms with Crippen LogP contribution in [0.1, 0.15) is 13.3 Å². The van der Waals surface area contributed by atoms with Crippen molar-refractivity contribution in [3.05, 3.63) is 12.4 Å². The van der Waals surface area contributed by atoms with Gasteiger partial charge in [0.15, 0.2) is 0 Å². The minimum absolute atomic E-state index is 0.170. The average molecular weight is 178 g/mol. The number of nitrogens with zero attached hydrogens (tertiary/aromatic N) is 3. The van der Waals surface area contributed by atoms with E-state index < -0.39 is 0 Å². The normalized spacial score (nSPS) is 12.3. The van der Waals surface area contributed by atoms with E-state index in [9.17, 15) is 0 Å². The summed E-state index contributed by atoms with van der Waals surface area (Å²) in [7, 11) is 0. The molecule has 0 bridgehead atoms. The van der Waals surface area contributed by atoms with Crippen molar-refractivity contribution in [3.8, 4) is 12.3 Å². The van der Waals surface area contributed by atoms with Gasteiger partial charge in [-0.2, -0.15) is 0 Å². The number of nitrogens with one attached hydrogen (secondary N) is 1. The molecule has 0 saturated heterocycles. The van der Waals surface area contributed by atoms with Crippen LogP contribution < -0.4 is 5.32 Å². The van der Waals surface area contributed by atoms with E-state index in [-0.39, 0.29) is 6.04 Å². The Hall–Kier alpha value is -1.34. The molecule has 4 heteroatoms. The molecule has 1 heterocycles. The van der Waals surface area contributed by atoms with Gasteiger partial charge in [0.25, 0.3) is 0 Å². The van der Waals surface area contributed by atoms with Gasteiger partial charge in [-0.3, -0.25) is 4.68 Å². The van der Waals surface area contributed by atoms with Gasteiger partial charge >= 0.3 is 0 Å². The maximum absolute atomic E-state index is 5.30. The molecule has 0 radical (unpaired) electrons. The van der Waals surface area contributed by atoms with E-state index in [0.29, 0.717) is 0 Å². The van der Waals surface area contributed by atoms with E-state index in [4.69, 9.17) is 6.42 Å². The molecule has 1 atom stereocenters. The summed E-state index contributed by atoms with van der Waals surface area (Å²) in [6.45, 7) is 3.69. The minimum Gasteiger partial charge on any atom is -0.302 e. The summed E-state index contributed by atoms with van der Waals surface area (Å²) in [5.41, 5.74) is 0. The lowest BCUT2D eigenvalue weighted by Crippen LogP contribution is -2.30. The molecule has 1 rings (SSSR count). The van der Waals surface area contributed by atoms with Crippen molar-refractivity contribution in [2.24, 2.45) is 0 Å². The summed E-state index contributed by atoms with van der Waals surface area (Å²) in [5.74, 6) is 2.68. The number of hydrogen-bond donors (Lipinski definition) is 1. The lowest BCUT2D eigenvalue weighted by molar-refractivity contribution is 0.510. The first-order valence-corrected chi connectivity index (χ1v) is 4.40. The molecule has 0 aliphatic heterocycles. The predicted molar refractivity (Wildman–Crippen MR) is 50.9 cm³/mol.